The minimum Gasteiger partial charge on any atom is -0.434 e. The molecule has 14 heavy (non-hydrogen) atoms. The number of hydrogen-bond donors (Lipinski definition) is 0. The van der Waals surface area contributed by atoms with Gasteiger partial charge >= 0.3 is 5.97 Å². The molecule has 2 heterocycles. The van der Waals surface area contributed by atoms with E-state index in [2.05, 4.69) is 9.72 Å². The summed E-state index contributed by atoms with van der Waals surface area (Å²) in [7, 11) is 0. The Morgan fingerprint density at radius 3 is 3.00 bits per heavy atom. The minimum atomic E-state index is -0.267. The number of aromatic nitrogens is 1. The van der Waals surface area contributed by atoms with Crippen molar-refractivity contribution in [3.8, 4) is 0 Å². The molecule has 0 bridgehead atoms. The molecular formula is C11H9NO2. The number of nitrogens with zero attached hydrogens (tertiary/aromatic N) is 1. The zero-order valence-corrected chi connectivity index (χ0v) is 7.46. The summed E-state index contributed by atoms with van der Waals surface area (Å²) in [6.07, 6.45) is 8.41. The number of carbonyl (C=O) groups excluding carboxylic acids is 1. The molecule has 1 aliphatic rings. The van der Waals surface area contributed by atoms with Crippen LogP contribution in [0.15, 0.2) is 42.8 Å². The zero-order valence-electron chi connectivity index (χ0n) is 7.46. The average Bonchev–Trinajstić information content (AvgIpc) is 2.63. The molecule has 0 saturated carbocycles. The zero-order chi connectivity index (χ0) is 9.80. The van der Waals surface area contributed by atoms with Crippen molar-refractivity contribution in [1.82, 2.24) is 4.98 Å². The fraction of sp³-hybridized carbons (Fsp3) is 0.0909. The Morgan fingerprint density at radius 1 is 1.43 bits per heavy atom. The van der Waals surface area contributed by atoms with Crippen LogP contribution in [0.5, 0.6) is 0 Å². The van der Waals surface area contributed by atoms with Crippen LogP contribution < -0.4 is 0 Å². The van der Waals surface area contributed by atoms with Crippen LogP contribution in [0.1, 0.15) is 5.69 Å². The number of hydrogen-bond acceptors (Lipinski definition) is 3. The third-order valence-corrected chi connectivity index (χ3v) is 1.90. The van der Waals surface area contributed by atoms with Crippen LogP contribution in [0.4, 0.5) is 0 Å². The predicted octanol–water partition coefficient (Wildman–Crippen LogP) is 1.78. The largest absolute Gasteiger partial charge is 0.434 e. The van der Waals surface area contributed by atoms with Gasteiger partial charge in [0.2, 0.25) is 0 Å². The Morgan fingerprint density at radius 2 is 2.36 bits per heavy atom. The van der Waals surface area contributed by atoms with Gasteiger partial charge in [0.25, 0.3) is 0 Å². The van der Waals surface area contributed by atoms with Crippen LogP contribution in [0.3, 0.4) is 0 Å². The number of rotatable bonds is 2. The summed E-state index contributed by atoms with van der Waals surface area (Å²) in [5, 5.41) is 0. The highest BCUT2D eigenvalue weighted by Crippen LogP contribution is 2.13. The Hall–Kier alpha value is -1.90. The summed E-state index contributed by atoms with van der Waals surface area (Å²) >= 11 is 0. The molecule has 0 saturated heterocycles. The summed E-state index contributed by atoms with van der Waals surface area (Å²) in [5.74, 6) is -0.505. The van der Waals surface area contributed by atoms with E-state index in [9.17, 15) is 4.79 Å². The first-order valence-corrected chi connectivity index (χ1v) is 4.33. The summed E-state index contributed by atoms with van der Waals surface area (Å²) in [4.78, 5) is 15.1. The third-order valence-electron chi connectivity index (χ3n) is 1.90. The van der Waals surface area contributed by atoms with Gasteiger partial charge in [-0.1, -0.05) is 12.1 Å². The smallest absolute Gasteiger partial charge is 0.321 e. The van der Waals surface area contributed by atoms with E-state index >= 15 is 0 Å². The molecule has 2 rings (SSSR count). The van der Waals surface area contributed by atoms with Crippen LogP contribution in [-0.2, 0) is 9.53 Å². The number of esters is 1. The van der Waals surface area contributed by atoms with Crippen molar-refractivity contribution in [2.75, 3.05) is 0 Å². The van der Waals surface area contributed by atoms with Crippen LogP contribution >= 0.6 is 0 Å². The van der Waals surface area contributed by atoms with E-state index in [1.807, 2.05) is 24.3 Å². The van der Waals surface area contributed by atoms with Crippen LogP contribution in [0.25, 0.3) is 6.08 Å². The standard InChI is InChI=1S/C11H9NO2/c13-11-9(6-8-14-11)4-5-10-3-1-2-7-12-10/h1-9H. The lowest BCUT2D eigenvalue weighted by atomic mass is 10.1. The Kier molecular flexibility index (Phi) is 2.40. The lowest BCUT2D eigenvalue weighted by molar-refractivity contribution is -0.137. The monoisotopic (exact) mass is 187 g/mol. The van der Waals surface area contributed by atoms with E-state index in [-0.39, 0.29) is 11.9 Å². The van der Waals surface area contributed by atoms with E-state index in [4.69, 9.17) is 0 Å². The van der Waals surface area contributed by atoms with E-state index in [1.54, 1.807) is 18.3 Å². The Labute approximate surface area is 81.7 Å². The summed E-state index contributed by atoms with van der Waals surface area (Å²) in [5.41, 5.74) is 0.834. The predicted molar refractivity (Wildman–Crippen MR) is 52.0 cm³/mol. The summed E-state index contributed by atoms with van der Waals surface area (Å²) < 4.78 is 4.66. The Balaban J connectivity index is 2.07. The average molecular weight is 187 g/mol. The molecule has 3 nitrogen and oxygen atoms in total. The highest BCUT2D eigenvalue weighted by atomic mass is 16.5. The molecule has 0 aromatic carbocycles. The molecule has 1 unspecified atom stereocenters. The first kappa shape index (κ1) is 8.69. The van der Waals surface area contributed by atoms with Crippen molar-refractivity contribution in [3.05, 3.63) is 48.5 Å². The lowest BCUT2D eigenvalue weighted by Gasteiger charge is -1.95. The number of cyclic esters (lactones) is 1. The van der Waals surface area contributed by atoms with Gasteiger partial charge < -0.3 is 4.74 Å². The second kappa shape index (κ2) is 3.87. The van der Waals surface area contributed by atoms with Crippen molar-refractivity contribution in [2.45, 2.75) is 0 Å². The van der Waals surface area contributed by atoms with Crippen molar-refractivity contribution in [1.29, 1.82) is 0 Å². The molecule has 1 atom stereocenters. The van der Waals surface area contributed by atoms with Crippen molar-refractivity contribution < 1.29 is 9.53 Å². The second-order valence-electron chi connectivity index (χ2n) is 2.90. The quantitative estimate of drug-likeness (QED) is 0.662. The SMILES string of the molecule is O=C1OC=CC1C=Cc1ccccn1. The van der Waals surface area contributed by atoms with Crippen LogP contribution in [-0.4, -0.2) is 11.0 Å². The Bertz CT molecular complexity index is 382. The van der Waals surface area contributed by atoms with Gasteiger partial charge in [-0.2, -0.15) is 0 Å². The van der Waals surface area contributed by atoms with E-state index < -0.39 is 0 Å². The van der Waals surface area contributed by atoms with Gasteiger partial charge in [-0.3, -0.25) is 9.78 Å². The van der Waals surface area contributed by atoms with Gasteiger partial charge in [0, 0.05) is 6.20 Å². The van der Waals surface area contributed by atoms with Crippen molar-refractivity contribution in [3.63, 3.8) is 0 Å². The molecular weight excluding hydrogens is 178 g/mol. The topological polar surface area (TPSA) is 39.2 Å². The van der Waals surface area contributed by atoms with Gasteiger partial charge in [0.15, 0.2) is 0 Å². The highest BCUT2D eigenvalue weighted by molar-refractivity contribution is 5.80. The van der Waals surface area contributed by atoms with Gasteiger partial charge in [-0.05, 0) is 24.3 Å². The molecule has 0 amide bonds. The first-order chi connectivity index (χ1) is 6.86. The fourth-order valence-electron chi connectivity index (χ4n) is 1.17. The van der Waals surface area contributed by atoms with Crippen LogP contribution in [0.2, 0.25) is 0 Å². The molecule has 0 radical (unpaired) electrons. The third kappa shape index (κ3) is 1.88. The van der Waals surface area contributed by atoms with Gasteiger partial charge in [0.1, 0.15) is 0 Å². The number of pyridine rings is 1. The first-order valence-electron chi connectivity index (χ1n) is 4.33. The second-order valence-corrected chi connectivity index (χ2v) is 2.90. The molecule has 1 aromatic heterocycles. The molecule has 0 N–H and O–H groups in total. The summed E-state index contributed by atoms with van der Waals surface area (Å²) in [6.45, 7) is 0. The van der Waals surface area contributed by atoms with Gasteiger partial charge in [-0.25, -0.2) is 0 Å². The maximum Gasteiger partial charge on any atom is 0.321 e. The highest BCUT2D eigenvalue weighted by Gasteiger charge is 2.17. The number of ether oxygens (including phenoxy) is 1. The fourth-order valence-corrected chi connectivity index (χ4v) is 1.17. The molecule has 0 fully saturated rings. The lowest BCUT2D eigenvalue weighted by Crippen LogP contribution is -2.04. The minimum absolute atomic E-state index is 0.239. The van der Waals surface area contributed by atoms with Gasteiger partial charge in [-0.15, -0.1) is 0 Å². The maximum atomic E-state index is 11.0. The maximum absolute atomic E-state index is 11.0. The van der Waals surface area contributed by atoms with Crippen molar-refractivity contribution in [2.24, 2.45) is 5.92 Å². The molecule has 1 aliphatic heterocycles. The molecule has 0 aliphatic carbocycles. The van der Waals surface area contributed by atoms with Crippen molar-refractivity contribution >= 4 is 12.0 Å². The molecule has 70 valence electrons. The normalized spacial score (nSPS) is 20.3. The molecule has 3 heteroatoms. The van der Waals surface area contributed by atoms with E-state index in [1.165, 1.54) is 6.26 Å². The molecule has 0 spiro atoms. The number of carbonyl (C=O) groups is 1. The van der Waals surface area contributed by atoms with E-state index in [0.717, 1.165) is 5.69 Å². The summed E-state index contributed by atoms with van der Waals surface area (Å²) in [6, 6.07) is 5.62. The van der Waals surface area contributed by atoms with E-state index in [0.29, 0.717) is 0 Å². The van der Waals surface area contributed by atoms with Gasteiger partial charge in [0.05, 0.1) is 17.9 Å². The van der Waals surface area contributed by atoms with Crippen LogP contribution in [0, 0.1) is 5.92 Å². The molecule has 1 aromatic rings.